The summed E-state index contributed by atoms with van der Waals surface area (Å²) in [5.74, 6) is 0.612. The third-order valence-electron chi connectivity index (χ3n) is 2.47. The number of aromatic nitrogens is 2. The average molecular weight is 286 g/mol. The van der Waals surface area contributed by atoms with Gasteiger partial charge >= 0.3 is 0 Å². The highest BCUT2D eigenvalue weighted by Crippen LogP contribution is 2.37. The van der Waals surface area contributed by atoms with Gasteiger partial charge in [-0.1, -0.05) is 35.3 Å². The van der Waals surface area contributed by atoms with Crippen molar-refractivity contribution >= 4 is 29.0 Å². The number of benzene rings is 1. The van der Waals surface area contributed by atoms with E-state index in [1.54, 1.807) is 25.1 Å². The number of halogens is 3. The van der Waals surface area contributed by atoms with Crippen LogP contribution in [0, 0.1) is 6.92 Å². The number of nitrogens with zero attached hydrogens (tertiary/aromatic N) is 2. The van der Waals surface area contributed by atoms with Crippen LogP contribution in [0.1, 0.15) is 11.5 Å². The van der Waals surface area contributed by atoms with E-state index in [0.717, 1.165) is 0 Å². The highest BCUT2D eigenvalue weighted by Gasteiger charge is 2.16. The van der Waals surface area contributed by atoms with Gasteiger partial charge in [0.1, 0.15) is 18.3 Å². The Morgan fingerprint density at radius 1 is 1.28 bits per heavy atom. The highest BCUT2D eigenvalue weighted by atomic mass is 35.5. The summed E-state index contributed by atoms with van der Waals surface area (Å²) in [6.45, 7) is 0.907. The number of hydrogen-bond acceptors (Lipinski definition) is 3. The molecule has 0 aliphatic carbocycles. The first-order valence-electron chi connectivity index (χ1n) is 5.18. The number of rotatable bonds is 2. The number of aryl methyl sites for hydroxylation is 1. The average Bonchev–Trinajstić information content (AvgIpc) is 2.32. The van der Waals surface area contributed by atoms with Crippen molar-refractivity contribution in [1.29, 1.82) is 0 Å². The molecular weight excluding hydrogens is 276 g/mol. The van der Waals surface area contributed by atoms with E-state index in [9.17, 15) is 4.39 Å². The maximum atomic E-state index is 13.0. The van der Waals surface area contributed by atoms with Crippen LogP contribution in [0.15, 0.2) is 18.2 Å². The minimum atomic E-state index is -0.744. The van der Waals surface area contributed by atoms with Crippen LogP contribution in [0.25, 0.3) is 11.1 Å². The van der Waals surface area contributed by atoms with Crippen molar-refractivity contribution in [2.75, 3.05) is 5.73 Å². The van der Waals surface area contributed by atoms with E-state index >= 15 is 0 Å². The summed E-state index contributed by atoms with van der Waals surface area (Å²) < 4.78 is 13.0. The van der Waals surface area contributed by atoms with Crippen LogP contribution >= 0.6 is 23.2 Å². The number of nitrogen functional groups attached to an aromatic ring is 1. The van der Waals surface area contributed by atoms with Crippen molar-refractivity contribution in [2.45, 2.75) is 13.6 Å². The summed E-state index contributed by atoms with van der Waals surface area (Å²) in [6, 6.07) is 5.07. The van der Waals surface area contributed by atoms with Gasteiger partial charge in [-0.25, -0.2) is 14.4 Å². The molecule has 0 atom stereocenters. The molecule has 2 N–H and O–H groups in total. The molecule has 1 aromatic heterocycles. The lowest BCUT2D eigenvalue weighted by Gasteiger charge is -2.12. The first kappa shape index (κ1) is 13.1. The van der Waals surface area contributed by atoms with Crippen molar-refractivity contribution in [3.8, 4) is 11.1 Å². The third-order valence-corrected chi connectivity index (χ3v) is 3.29. The monoisotopic (exact) mass is 285 g/mol. The molecule has 0 spiro atoms. The Hall–Kier alpha value is -1.39. The van der Waals surface area contributed by atoms with Crippen molar-refractivity contribution in [3.05, 3.63) is 39.8 Å². The molecule has 0 unspecified atom stereocenters. The van der Waals surface area contributed by atoms with E-state index in [1.165, 1.54) is 0 Å². The van der Waals surface area contributed by atoms with Gasteiger partial charge in [0, 0.05) is 11.1 Å². The second kappa shape index (κ2) is 5.08. The zero-order chi connectivity index (χ0) is 13.3. The van der Waals surface area contributed by atoms with Gasteiger partial charge in [-0.2, -0.15) is 0 Å². The third kappa shape index (κ3) is 2.26. The molecule has 1 heterocycles. The van der Waals surface area contributed by atoms with Crippen LogP contribution < -0.4 is 5.73 Å². The summed E-state index contributed by atoms with van der Waals surface area (Å²) in [7, 11) is 0. The molecule has 0 aliphatic heterocycles. The minimum Gasteiger partial charge on any atom is -0.383 e. The largest absolute Gasteiger partial charge is 0.383 e. The van der Waals surface area contributed by atoms with Crippen LogP contribution in [-0.2, 0) is 6.67 Å². The lowest BCUT2D eigenvalue weighted by molar-refractivity contribution is 0.475. The first-order chi connectivity index (χ1) is 8.54. The van der Waals surface area contributed by atoms with Crippen molar-refractivity contribution in [3.63, 3.8) is 0 Å². The van der Waals surface area contributed by atoms with Gasteiger partial charge in [-0.15, -0.1) is 0 Å². The Kier molecular flexibility index (Phi) is 3.68. The molecule has 6 heteroatoms. The van der Waals surface area contributed by atoms with E-state index in [4.69, 9.17) is 28.9 Å². The summed E-state index contributed by atoms with van der Waals surface area (Å²) in [5, 5.41) is 0.687. The van der Waals surface area contributed by atoms with Gasteiger partial charge in [-0.05, 0) is 13.0 Å². The Morgan fingerprint density at radius 2 is 2.00 bits per heavy atom. The highest BCUT2D eigenvalue weighted by molar-refractivity contribution is 6.43. The zero-order valence-corrected chi connectivity index (χ0v) is 11.1. The van der Waals surface area contributed by atoms with E-state index in [-0.39, 0.29) is 11.5 Å². The van der Waals surface area contributed by atoms with E-state index in [1.807, 2.05) is 0 Å². The van der Waals surface area contributed by atoms with Crippen LogP contribution in [0.4, 0.5) is 10.2 Å². The predicted octanol–water partition coefficient (Wildman–Crippen LogP) is 3.81. The van der Waals surface area contributed by atoms with E-state index < -0.39 is 6.67 Å². The fourth-order valence-electron chi connectivity index (χ4n) is 1.74. The lowest BCUT2D eigenvalue weighted by Crippen LogP contribution is -2.04. The predicted molar refractivity (Wildman–Crippen MR) is 71.4 cm³/mol. The Bertz CT molecular complexity index is 602. The number of anilines is 1. The molecule has 0 amide bonds. The van der Waals surface area contributed by atoms with Crippen LogP contribution in [-0.4, -0.2) is 9.97 Å². The SMILES string of the molecule is Cc1nc(N)c(-c2cccc(Cl)c2Cl)c(CF)n1. The second-order valence-electron chi connectivity index (χ2n) is 3.71. The molecule has 0 bridgehead atoms. The van der Waals surface area contributed by atoms with Crippen LogP contribution in [0.3, 0.4) is 0 Å². The lowest BCUT2D eigenvalue weighted by atomic mass is 10.0. The molecule has 3 nitrogen and oxygen atoms in total. The van der Waals surface area contributed by atoms with Gasteiger partial charge in [0.2, 0.25) is 0 Å². The van der Waals surface area contributed by atoms with E-state index in [0.29, 0.717) is 27.0 Å². The number of hydrogen-bond donors (Lipinski definition) is 1. The summed E-state index contributed by atoms with van der Waals surface area (Å²) in [4.78, 5) is 8.06. The zero-order valence-electron chi connectivity index (χ0n) is 9.54. The number of nitrogens with two attached hydrogens (primary N) is 1. The van der Waals surface area contributed by atoms with Crippen molar-refractivity contribution in [2.24, 2.45) is 0 Å². The van der Waals surface area contributed by atoms with Gasteiger partial charge in [0.25, 0.3) is 0 Å². The maximum absolute atomic E-state index is 13.0. The van der Waals surface area contributed by atoms with Crippen molar-refractivity contribution in [1.82, 2.24) is 9.97 Å². The molecular formula is C12H10Cl2FN3. The summed E-state index contributed by atoms with van der Waals surface area (Å²) in [6.07, 6.45) is 0. The van der Waals surface area contributed by atoms with Gasteiger partial charge < -0.3 is 5.73 Å². The molecule has 0 saturated heterocycles. The Balaban J connectivity index is 2.74. The van der Waals surface area contributed by atoms with Gasteiger partial charge in [0.05, 0.1) is 15.7 Å². The van der Waals surface area contributed by atoms with Crippen LogP contribution in [0.2, 0.25) is 10.0 Å². The molecule has 2 rings (SSSR count). The molecule has 18 heavy (non-hydrogen) atoms. The summed E-state index contributed by atoms with van der Waals surface area (Å²) in [5.41, 5.74) is 6.98. The molecule has 1 aromatic carbocycles. The summed E-state index contributed by atoms with van der Waals surface area (Å²) >= 11 is 12.0. The Labute approximate surface area is 114 Å². The molecule has 0 fully saturated rings. The van der Waals surface area contributed by atoms with Crippen molar-refractivity contribution < 1.29 is 4.39 Å². The van der Waals surface area contributed by atoms with Gasteiger partial charge in [0.15, 0.2) is 0 Å². The fraction of sp³-hybridized carbons (Fsp3) is 0.167. The standard InChI is InChI=1S/C12H10Cl2FN3/c1-6-17-9(5-15)10(12(16)18-6)7-3-2-4-8(13)11(7)14/h2-4H,5H2,1H3,(H2,16,17,18). The smallest absolute Gasteiger partial charge is 0.135 e. The fourth-order valence-corrected chi connectivity index (χ4v) is 2.14. The second-order valence-corrected chi connectivity index (χ2v) is 4.50. The number of alkyl halides is 1. The molecule has 2 aromatic rings. The van der Waals surface area contributed by atoms with Crippen LogP contribution in [0.5, 0.6) is 0 Å². The van der Waals surface area contributed by atoms with E-state index in [2.05, 4.69) is 9.97 Å². The molecule has 0 aliphatic rings. The normalized spacial score (nSPS) is 10.7. The maximum Gasteiger partial charge on any atom is 0.135 e. The molecule has 0 saturated carbocycles. The quantitative estimate of drug-likeness (QED) is 0.913. The first-order valence-corrected chi connectivity index (χ1v) is 5.93. The Morgan fingerprint density at radius 3 is 2.67 bits per heavy atom. The molecule has 94 valence electrons. The van der Waals surface area contributed by atoms with Gasteiger partial charge in [-0.3, -0.25) is 0 Å². The minimum absolute atomic E-state index is 0.194. The topological polar surface area (TPSA) is 51.8 Å². The molecule has 0 radical (unpaired) electrons.